The van der Waals surface area contributed by atoms with Crippen LogP contribution in [0.15, 0.2) is 29.4 Å². The van der Waals surface area contributed by atoms with Crippen molar-refractivity contribution in [3.63, 3.8) is 0 Å². The van der Waals surface area contributed by atoms with Crippen LogP contribution in [0.5, 0.6) is 5.75 Å². The number of thioether (sulfide) groups is 1. The Balaban J connectivity index is 1.63. The highest BCUT2D eigenvalue weighted by Crippen LogP contribution is 2.42. The molecule has 2 atom stereocenters. The molecule has 4 rings (SSSR count). The molecule has 2 aliphatic rings. The molecule has 1 aromatic carbocycles. The van der Waals surface area contributed by atoms with Crippen LogP contribution in [0.25, 0.3) is 0 Å². The topological polar surface area (TPSA) is 86.5 Å². The van der Waals surface area contributed by atoms with Crippen molar-refractivity contribution in [2.45, 2.75) is 36.2 Å². The van der Waals surface area contributed by atoms with Crippen molar-refractivity contribution in [2.24, 2.45) is 5.92 Å². The van der Waals surface area contributed by atoms with Crippen LogP contribution in [0, 0.1) is 12.8 Å². The molecule has 29 heavy (non-hydrogen) atoms. The minimum absolute atomic E-state index is 0.0616. The molecule has 0 radical (unpaired) electrons. The van der Waals surface area contributed by atoms with E-state index in [4.69, 9.17) is 9.47 Å². The van der Waals surface area contributed by atoms with Crippen LogP contribution in [0.4, 0.5) is 0 Å². The molecule has 154 valence electrons. The Morgan fingerprint density at radius 1 is 1.28 bits per heavy atom. The summed E-state index contributed by atoms with van der Waals surface area (Å²) in [5.41, 5.74) is 1.01. The zero-order valence-electron chi connectivity index (χ0n) is 16.7. The molecule has 2 aromatic rings. The van der Waals surface area contributed by atoms with E-state index < -0.39 is 0 Å². The van der Waals surface area contributed by atoms with Crippen LogP contribution >= 0.6 is 11.8 Å². The maximum atomic E-state index is 13.1. The number of ether oxygens (including phenoxy) is 2. The zero-order valence-corrected chi connectivity index (χ0v) is 17.5. The Morgan fingerprint density at radius 2 is 2.03 bits per heavy atom. The number of hydrogen-bond donors (Lipinski definition) is 0. The number of aromatic nitrogens is 3. The summed E-state index contributed by atoms with van der Waals surface area (Å²) < 4.78 is 11.7. The first kappa shape index (κ1) is 19.9. The highest BCUT2D eigenvalue weighted by molar-refractivity contribution is 8.00. The Morgan fingerprint density at radius 3 is 2.69 bits per heavy atom. The number of fused-ring (bicyclic) bond motifs is 1. The molecular weight excluding hydrogens is 392 g/mol. The van der Waals surface area contributed by atoms with E-state index in [1.54, 1.807) is 14.0 Å². The first-order chi connectivity index (χ1) is 14.0. The van der Waals surface area contributed by atoms with Crippen LogP contribution in [0.3, 0.4) is 0 Å². The van der Waals surface area contributed by atoms with E-state index in [1.165, 1.54) is 23.6 Å². The summed E-state index contributed by atoms with van der Waals surface area (Å²) in [6.07, 6.45) is 1.42. The largest absolute Gasteiger partial charge is 0.497 e. The molecule has 2 aliphatic heterocycles. The Labute approximate surface area is 173 Å². The number of likely N-dealkylation sites (tertiary alicyclic amines) is 1. The van der Waals surface area contributed by atoms with Crippen molar-refractivity contribution < 1.29 is 19.1 Å². The lowest BCUT2D eigenvalue weighted by atomic mass is 9.92. The normalized spacial score (nSPS) is 21.1. The number of methoxy groups -OCH3 is 2. The predicted molar refractivity (Wildman–Crippen MR) is 107 cm³/mol. The minimum Gasteiger partial charge on any atom is -0.497 e. The van der Waals surface area contributed by atoms with Gasteiger partial charge in [-0.3, -0.25) is 14.5 Å². The Hall–Kier alpha value is -2.39. The predicted octanol–water partition coefficient (Wildman–Crippen LogP) is 2.34. The fourth-order valence-electron chi connectivity index (χ4n) is 4.08. The monoisotopic (exact) mass is 416 g/mol. The standard InChI is InChI=1S/C20H24N4O4S/c1-12-21-20-24(22-12)18(25)17(29-20)16(14-5-4-6-15(11-14)27-2)23-9-7-13(8-10-23)19(26)28-3/h4-6,11,13,16-17H,7-10H2,1-3H3. The number of carbonyl (C=O) groups is 2. The van der Waals surface area contributed by atoms with Crippen molar-refractivity contribution in [2.75, 3.05) is 27.3 Å². The molecule has 1 aromatic heterocycles. The molecule has 0 aliphatic carbocycles. The lowest BCUT2D eigenvalue weighted by molar-refractivity contribution is -0.147. The average molecular weight is 417 g/mol. The van der Waals surface area contributed by atoms with Crippen LogP contribution in [0.1, 0.15) is 35.1 Å². The maximum absolute atomic E-state index is 13.1. The Kier molecular flexibility index (Phi) is 5.60. The summed E-state index contributed by atoms with van der Waals surface area (Å²) in [6, 6.07) is 7.67. The molecule has 1 fully saturated rings. The third-order valence-corrected chi connectivity index (χ3v) is 6.74. The van der Waals surface area contributed by atoms with E-state index in [9.17, 15) is 9.59 Å². The van der Waals surface area contributed by atoms with E-state index in [-0.39, 0.29) is 29.1 Å². The van der Waals surface area contributed by atoms with E-state index in [2.05, 4.69) is 15.0 Å². The summed E-state index contributed by atoms with van der Waals surface area (Å²) in [5, 5.41) is 4.53. The van der Waals surface area contributed by atoms with E-state index >= 15 is 0 Å². The summed E-state index contributed by atoms with van der Waals surface area (Å²) in [7, 11) is 3.06. The number of piperidine rings is 1. The molecule has 0 amide bonds. The number of esters is 1. The van der Waals surface area contributed by atoms with Gasteiger partial charge in [-0.1, -0.05) is 23.9 Å². The van der Waals surface area contributed by atoms with Crippen LogP contribution in [0.2, 0.25) is 0 Å². The van der Waals surface area contributed by atoms with Crippen LogP contribution in [-0.2, 0) is 9.53 Å². The molecule has 8 nitrogen and oxygen atoms in total. The van der Waals surface area contributed by atoms with Crippen LogP contribution < -0.4 is 4.74 Å². The van der Waals surface area contributed by atoms with E-state index in [0.717, 1.165) is 11.3 Å². The van der Waals surface area contributed by atoms with Gasteiger partial charge >= 0.3 is 5.97 Å². The van der Waals surface area contributed by atoms with Gasteiger partial charge in [-0.15, -0.1) is 5.10 Å². The fourth-order valence-corrected chi connectivity index (χ4v) is 5.38. The van der Waals surface area contributed by atoms with E-state index in [0.29, 0.717) is 36.9 Å². The molecular formula is C20H24N4O4S. The second kappa shape index (κ2) is 8.16. The molecule has 0 saturated carbocycles. The van der Waals surface area contributed by atoms with Gasteiger partial charge in [0.05, 0.1) is 26.2 Å². The number of nitrogens with zero attached hydrogens (tertiary/aromatic N) is 4. The molecule has 2 unspecified atom stereocenters. The second-order valence-corrected chi connectivity index (χ2v) is 8.39. The van der Waals surface area contributed by atoms with Gasteiger partial charge in [0.1, 0.15) is 16.8 Å². The summed E-state index contributed by atoms with van der Waals surface area (Å²) in [6.45, 7) is 3.20. The van der Waals surface area contributed by atoms with Crippen molar-refractivity contribution in [3.05, 3.63) is 35.7 Å². The van der Waals surface area contributed by atoms with Gasteiger partial charge in [0, 0.05) is 0 Å². The van der Waals surface area contributed by atoms with Crippen molar-refractivity contribution >= 4 is 23.6 Å². The number of rotatable bonds is 5. The van der Waals surface area contributed by atoms with Crippen molar-refractivity contribution in [1.82, 2.24) is 19.7 Å². The van der Waals surface area contributed by atoms with Gasteiger partial charge in [0.25, 0.3) is 5.91 Å². The summed E-state index contributed by atoms with van der Waals surface area (Å²) in [5.74, 6) is 1.03. The third-order valence-electron chi connectivity index (χ3n) is 5.55. The van der Waals surface area contributed by atoms with Gasteiger partial charge in [0.15, 0.2) is 5.16 Å². The average Bonchev–Trinajstić information content (AvgIpc) is 3.25. The maximum Gasteiger partial charge on any atom is 0.308 e. The summed E-state index contributed by atoms with van der Waals surface area (Å²) in [4.78, 5) is 31.7. The molecule has 3 heterocycles. The highest BCUT2D eigenvalue weighted by atomic mass is 32.2. The smallest absolute Gasteiger partial charge is 0.308 e. The van der Waals surface area contributed by atoms with Gasteiger partial charge in [-0.25, -0.2) is 4.98 Å². The zero-order chi connectivity index (χ0) is 20.5. The van der Waals surface area contributed by atoms with Gasteiger partial charge < -0.3 is 9.47 Å². The van der Waals surface area contributed by atoms with Crippen molar-refractivity contribution in [3.8, 4) is 5.75 Å². The highest BCUT2D eigenvalue weighted by Gasteiger charge is 2.44. The SMILES string of the molecule is COC(=O)C1CCN(C(c2cccc(OC)c2)C2Sc3nc(C)nn3C2=O)CC1. The third kappa shape index (κ3) is 3.76. The number of hydrogen-bond acceptors (Lipinski definition) is 8. The first-order valence-electron chi connectivity index (χ1n) is 9.62. The van der Waals surface area contributed by atoms with Crippen molar-refractivity contribution in [1.29, 1.82) is 0 Å². The van der Waals surface area contributed by atoms with Gasteiger partial charge in [-0.2, -0.15) is 4.68 Å². The molecule has 0 spiro atoms. The molecule has 9 heteroatoms. The lowest BCUT2D eigenvalue weighted by Crippen LogP contribution is -2.44. The number of benzene rings is 1. The van der Waals surface area contributed by atoms with Gasteiger partial charge in [-0.05, 0) is 50.6 Å². The Bertz CT molecular complexity index is 923. The van der Waals surface area contributed by atoms with E-state index in [1.807, 2.05) is 24.3 Å². The lowest BCUT2D eigenvalue weighted by Gasteiger charge is -2.38. The number of aryl methyl sites for hydroxylation is 1. The first-order valence-corrected chi connectivity index (χ1v) is 10.5. The van der Waals surface area contributed by atoms with Gasteiger partial charge in [0.2, 0.25) is 0 Å². The fraction of sp³-hybridized carbons (Fsp3) is 0.500. The quantitative estimate of drug-likeness (QED) is 0.687. The molecule has 1 saturated heterocycles. The second-order valence-electron chi connectivity index (χ2n) is 7.28. The van der Waals surface area contributed by atoms with Crippen LogP contribution in [-0.4, -0.2) is 64.1 Å². The molecule has 0 N–H and O–H groups in total. The minimum atomic E-state index is -0.354. The number of carbonyl (C=O) groups excluding carboxylic acids is 2. The molecule has 0 bridgehead atoms. The summed E-state index contributed by atoms with van der Waals surface area (Å²) >= 11 is 1.45.